The Bertz CT molecular complexity index is 281. The van der Waals surface area contributed by atoms with Gasteiger partial charge in [-0.3, -0.25) is 0 Å². The fourth-order valence-electron chi connectivity index (χ4n) is 1.70. The van der Waals surface area contributed by atoms with Crippen LogP contribution in [0.4, 0.5) is 5.69 Å². The SMILES string of the molecule is CC1(C)C(O)CC1Nc1ccsc1. The number of rotatable bonds is 2. The molecule has 1 fully saturated rings. The van der Waals surface area contributed by atoms with Gasteiger partial charge in [-0.1, -0.05) is 13.8 Å². The van der Waals surface area contributed by atoms with Crippen LogP contribution < -0.4 is 5.32 Å². The minimum atomic E-state index is -0.149. The van der Waals surface area contributed by atoms with Gasteiger partial charge in [0.05, 0.1) is 6.10 Å². The van der Waals surface area contributed by atoms with E-state index in [1.807, 2.05) is 0 Å². The zero-order valence-corrected chi connectivity index (χ0v) is 8.77. The minimum absolute atomic E-state index is 0.0158. The normalized spacial score (nSPS) is 31.0. The second kappa shape index (κ2) is 3.00. The highest BCUT2D eigenvalue weighted by Gasteiger charge is 2.47. The molecule has 3 heteroatoms. The number of aliphatic hydroxyl groups is 1. The van der Waals surface area contributed by atoms with E-state index < -0.39 is 0 Å². The summed E-state index contributed by atoms with van der Waals surface area (Å²) in [7, 11) is 0. The van der Waals surface area contributed by atoms with Gasteiger partial charge in [0.25, 0.3) is 0 Å². The number of hydrogen-bond donors (Lipinski definition) is 2. The van der Waals surface area contributed by atoms with Gasteiger partial charge >= 0.3 is 0 Å². The summed E-state index contributed by atoms with van der Waals surface area (Å²) >= 11 is 1.69. The van der Waals surface area contributed by atoms with E-state index in [2.05, 4.69) is 36.0 Å². The van der Waals surface area contributed by atoms with Gasteiger partial charge in [0, 0.05) is 22.5 Å². The lowest BCUT2D eigenvalue weighted by Gasteiger charge is -2.49. The first kappa shape index (κ1) is 9.03. The van der Waals surface area contributed by atoms with E-state index in [0.29, 0.717) is 6.04 Å². The van der Waals surface area contributed by atoms with Crippen molar-refractivity contribution in [3.05, 3.63) is 16.8 Å². The molecule has 0 amide bonds. The predicted molar refractivity (Wildman–Crippen MR) is 56.1 cm³/mol. The largest absolute Gasteiger partial charge is 0.392 e. The maximum atomic E-state index is 9.54. The first-order valence-electron chi connectivity index (χ1n) is 4.57. The Labute approximate surface area is 82.6 Å². The predicted octanol–water partition coefficient (Wildman–Crippen LogP) is 2.32. The summed E-state index contributed by atoms with van der Waals surface area (Å²) in [6.07, 6.45) is 0.715. The average Bonchev–Trinajstić information content (AvgIpc) is 2.56. The van der Waals surface area contributed by atoms with Gasteiger partial charge < -0.3 is 10.4 Å². The fraction of sp³-hybridized carbons (Fsp3) is 0.600. The van der Waals surface area contributed by atoms with E-state index in [0.717, 1.165) is 6.42 Å². The van der Waals surface area contributed by atoms with Crippen LogP contribution in [0.1, 0.15) is 20.3 Å². The van der Waals surface area contributed by atoms with Crippen LogP contribution in [0.3, 0.4) is 0 Å². The van der Waals surface area contributed by atoms with Gasteiger partial charge in [0.15, 0.2) is 0 Å². The number of hydrogen-bond acceptors (Lipinski definition) is 3. The van der Waals surface area contributed by atoms with Crippen LogP contribution in [0.5, 0.6) is 0 Å². The molecule has 0 aliphatic heterocycles. The van der Waals surface area contributed by atoms with E-state index in [9.17, 15) is 5.11 Å². The summed E-state index contributed by atoms with van der Waals surface area (Å²) < 4.78 is 0. The van der Waals surface area contributed by atoms with Crippen molar-refractivity contribution < 1.29 is 5.11 Å². The van der Waals surface area contributed by atoms with Crippen molar-refractivity contribution >= 4 is 17.0 Å². The third-order valence-corrected chi connectivity index (χ3v) is 3.76. The molecule has 2 unspecified atom stereocenters. The second-order valence-corrected chi connectivity index (χ2v) is 5.06. The summed E-state index contributed by atoms with van der Waals surface area (Å²) in [6, 6.07) is 2.49. The van der Waals surface area contributed by atoms with Crippen molar-refractivity contribution in [1.29, 1.82) is 0 Å². The van der Waals surface area contributed by atoms with Gasteiger partial charge in [-0.05, 0) is 17.9 Å². The Kier molecular flexibility index (Phi) is 2.08. The topological polar surface area (TPSA) is 32.3 Å². The lowest BCUT2D eigenvalue weighted by atomic mass is 9.64. The van der Waals surface area contributed by atoms with Crippen molar-refractivity contribution in [2.24, 2.45) is 5.41 Å². The van der Waals surface area contributed by atoms with Crippen LogP contribution in [0.25, 0.3) is 0 Å². The van der Waals surface area contributed by atoms with E-state index in [1.54, 1.807) is 11.3 Å². The lowest BCUT2D eigenvalue weighted by Crippen LogP contribution is -2.56. The molecule has 2 nitrogen and oxygen atoms in total. The number of thiophene rings is 1. The maximum absolute atomic E-state index is 9.54. The molecular weight excluding hydrogens is 182 g/mol. The van der Waals surface area contributed by atoms with Crippen molar-refractivity contribution in [2.75, 3.05) is 5.32 Å². The molecule has 0 aromatic carbocycles. The molecule has 0 spiro atoms. The molecule has 0 radical (unpaired) electrons. The van der Waals surface area contributed by atoms with Gasteiger partial charge in [0.2, 0.25) is 0 Å². The van der Waals surface area contributed by atoms with Crippen LogP contribution in [0.15, 0.2) is 16.8 Å². The van der Waals surface area contributed by atoms with Gasteiger partial charge in [-0.25, -0.2) is 0 Å². The van der Waals surface area contributed by atoms with Crippen LogP contribution in [0.2, 0.25) is 0 Å². The fourth-order valence-corrected chi connectivity index (χ4v) is 2.29. The molecule has 2 atom stereocenters. The summed E-state index contributed by atoms with van der Waals surface area (Å²) in [4.78, 5) is 0. The van der Waals surface area contributed by atoms with Crippen molar-refractivity contribution in [1.82, 2.24) is 0 Å². The van der Waals surface area contributed by atoms with E-state index >= 15 is 0 Å². The smallest absolute Gasteiger partial charge is 0.0630 e. The van der Waals surface area contributed by atoms with Crippen LogP contribution in [-0.4, -0.2) is 17.3 Å². The summed E-state index contributed by atoms with van der Waals surface area (Å²) in [5.41, 5.74) is 1.19. The van der Waals surface area contributed by atoms with Crippen LogP contribution in [-0.2, 0) is 0 Å². The molecule has 1 saturated carbocycles. The molecule has 1 aromatic heterocycles. The summed E-state index contributed by atoms with van der Waals surface area (Å²) in [6.45, 7) is 4.20. The zero-order chi connectivity index (χ0) is 9.47. The molecule has 1 aliphatic carbocycles. The van der Waals surface area contributed by atoms with Gasteiger partial charge in [0.1, 0.15) is 0 Å². The Morgan fingerprint density at radius 1 is 1.62 bits per heavy atom. The number of anilines is 1. The Morgan fingerprint density at radius 3 is 2.85 bits per heavy atom. The highest BCUT2D eigenvalue weighted by molar-refractivity contribution is 7.08. The molecule has 1 aromatic rings. The molecule has 2 N–H and O–H groups in total. The second-order valence-electron chi connectivity index (χ2n) is 4.28. The Morgan fingerprint density at radius 2 is 2.38 bits per heavy atom. The Hall–Kier alpha value is -0.540. The maximum Gasteiger partial charge on any atom is 0.0630 e. The van der Waals surface area contributed by atoms with E-state index in [1.165, 1.54) is 5.69 Å². The molecule has 0 bridgehead atoms. The van der Waals surface area contributed by atoms with Crippen LogP contribution >= 0.6 is 11.3 Å². The van der Waals surface area contributed by atoms with Crippen LogP contribution in [0, 0.1) is 5.41 Å². The van der Waals surface area contributed by atoms with Gasteiger partial charge in [-0.2, -0.15) is 11.3 Å². The highest BCUT2D eigenvalue weighted by atomic mass is 32.1. The minimum Gasteiger partial charge on any atom is -0.392 e. The lowest BCUT2D eigenvalue weighted by molar-refractivity contribution is -0.0510. The number of nitrogens with one attached hydrogen (secondary N) is 1. The number of aliphatic hydroxyl groups excluding tert-OH is 1. The third kappa shape index (κ3) is 1.46. The summed E-state index contributed by atoms with van der Waals surface area (Å²) in [5, 5.41) is 17.1. The molecule has 1 aliphatic rings. The molecule has 1 heterocycles. The van der Waals surface area contributed by atoms with Crippen molar-refractivity contribution in [3.63, 3.8) is 0 Å². The summed E-state index contributed by atoms with van der Waals surface area (Å²) in [5.74, 6) is 0. The van der Waals surface area contributed by atoms with Gasteiger partial charge in [-0.15, -0.1) is 0 Å². The van der Waals surface area contributed by atoms with E-state index in [4.69, 9.17) is 0 Å². The first-order valence-corrected chi connectivity index (χ1v) is 5.52. The van der Waals surface area contributed by atoms with Crippen molar-refractivity contribution in [3.8, 4) is 0 Å². The molecule has 2 rings (SSSR count). The quantitative estimate of drug-likeness (QED) is 0.762. The highest BCUT2D eigenvalue weighted by Crippen LogP contribution is 2.42. The van der Waals surface area contributed by atoms with E-state index in [-0.39, 0.29) is 11.5 Å². The first-order chi connectivity index (χ1) is 6.10. The average molecular weight is 197 g/mol. The zero-order valence-electron chi connectivity index (χ0n) is 7.95. The van der Waals surface area contributed by atoms with Crippen molar-refractivity contribution in [2.45, 2.75) is 32.4 Å². The molecule has 13 heavy (non-hydrogen) atoms. The third-order valence-electron chi connectivity index (χ3n) is 3.08. The standard InChI is InChI=1S/C10H15NOS/c1-10(2)8(5-9(10)12)11-7-3-4-13-6-7/h3-4,6,8-9,11-12H,5H2,1-2H3. The monoisotopic (exact) mass is 197 g/mol. The molecule has 72 valence electrons. The Balaban J connectivity index is 1.98. The molecular formula is C10H15NOS. The molecule has 0 saturated heterocycles.